The van der Waals surface area contributed by atoms with Gasteiger partial charge in [-0.1, -0.05) is 60.3 Å². The van der Waals surface area contributed by atoms with Crippen LogP contribution in [0, 0.1) is 6.92 Å². The number of hydrogen-bond acceptors (Lipinski definition) is 6. The Balaban J connectivity index is 1.53. The summed E-state index contributed by atoms with van der Waals surface area (Å²) in [4.78, 5) is 0.267. The molecule has 1 aromatic heterocycles. The highest BCUT2D eigenvalue weighted by atomic mass is 32.2. The van der Waals surface area contributed by atoms with Gasteiger partial charge in [0.2, 0.25) is 0 Å². The molecule has 0 unspecified atom stereocenters. The van der Waals surface area contributed by atoms with Crippen LogP contribution in [0.5, 0.6) is 5.75 Å². The zero-order valence-corrected chi connectivity index (χ0v) is 19.2. The monoisotopic (exact) mass is 465 g/mol. The van der Waals surface area contributed by atoms with Crippen LogP contribution in [0.4, 0.5) is 0 Å². The van der Waals surface area contributed by atoms with Crippen molar-refractivity contribution >= 4 is 21.6 Å². The summed E-state index contributed by atoms with van der Waals surface area (Å²) in [6.07, 6.45) is 0. The fraction of sp³-hybridized carbons (Fsp3) is 0.167. The van der Waals surface area contributed by atoms with Crippen molar-refractivity contribution in [3.63, 3.8) is 0 Å². The second-order valence-corrected chi connectivity index (χ2v) is 10.2. The van der Waals surface area contributed by atoms with Gasteiger partial charge < -0.3 is 4.74 Å². The van der Waals surface area contributed by atoms with Gasteiger partial charge in [-0.25, -0.2) is 8.42 Å². The fourth-order valence-electron chi connectivity index (χ4n) is 3.20. The first-order valence-electron chi connectivity index (χ1n) is 10.1. The van der Waals surface area contributed by atoms with Crippen molar-refractivity contribution in [1.29, 1.82) is 0 Å². The summed E-state index contributed by atoms with van der Waals surface area (Å²) < 4.78 is 33.5. The molecule has 164 valence electrons. The SMILES string of the molecule is Cc1cccc(OCCSc2nnc(CS(=O)(=O)c3ccccc3)n2-c2ccccc2)c1. The van der Waals surface area contributed by atoms with Crippen LogP contribution in [0.1, 0.15) is 11.4 Å². The van der Waals surface area contributed by atoms with E-state index in [1.54, 1.807) is 34.9 Å². The van der Waals surface area contributed by atoms with Gasteiger partial charge in [-0.05, 0) is 48.9 Å². The summed E-state index contributed by atoms with van der Waals surface area (Å²) in [5.74, 6) is 1.61. The Hall–Kier alpha value is -3.10. The molecule has 0 amide bonds. The van der Waals surface area contributed by atoms with E-state index in [0.29, 0.717) is 23.3 Å². The van der Waals surface area contributed by atoms with E-state index in [2.05, 4.69) is 10.2 Å². The van der Waals surface area contributed by atoms with Crippen LogP contribution in [0.15, 0.2) is 95.0 Å². The average Bonchev–Trinajstić information content (AvgIpc) is 3.19. The Bertz CT molecular complexity index is 1270. The van der Waals surface area contributed by atoms with Crippen molar-refractivity contribution in [2.24, 2.45) is 0 Å². The Labute approximate surface area is 192 Å². The van der Waals surface area contributed by atoms with Gasteiger partial charge in [-0.3, -0.25) is 4.57 Å². The first-order valence-corrected chi connectivity index (χ1v) is 12.8. The lowest BCUT2D eigenvalue weighted by atomic mass is 10.2. The third kappa shape index (κ3) is 5.38. The smallest absolute Gasteiger partial charge is 0.195 e. The highest BCUT2D eigenvalue weighted by molar-refractivity contribution is 7.99. The summed E-state index contributed by atoms with van der Waals surface area (Å²) in [5.41, 5.74) is 1.96. The minimum atomic E-state index is -3.55. The number of para-hydroxylation sites is 1. The van der Waals surface area contributed by atoms with Gasteiger partial charge in [0, 0.05) is 11.4 Å². The molecule has 4 rings (SSSR count). The molecule has 0 saturated carbocycles. The zero-order valence-electron chi connectivity index (χ0n) is 17.6. The quantitative estimate of drug-likeness (QED) is 0.263. The number of hydrogen-bond donors (Lipinski definition) is 0. The van der Waals surface area contributed by atoms with Gasteiger partial charge in [-0.15, -0.1) is 10.2 Å². The number of rotatable bonds is 9. The molecule has 0 spiro atoms. The summed E-state index contributed by atoms with van der Waals surface area (Å²) >= 11 is 1.48. The predicted molar refractivity (Wildman–Crippen MR) is 126 cm³/mol. The molecule has 0 N–H and O–H groups in total. The van der Waals surface area contributed by atoms with E-state index in [4.69, 9.17) is 4.74 Å². The lowest BCUT2D eigenvalue weighted by Gasteiger charge is -2.11. The molecule has 0 radical (unpaired) electrons. The number of aryl methyl sites for hydroxylation is 1. The molecule has 0 aliphatic carbocycles. The summed E-state index contributed by atoms with van der Waals surface area (Å²) in [6.45, 7) is 2.52. The third-order valence-corrected chi connectivity index (χ3v) is 7.23. The summed E-state index contributed by atoms with van der Waals surface area (Å²) in [6, 6.07) is 25.8. The van der Waals surface area contributed by atoms with Crippen molar-refractivity contribution in [1.82, 2.24) is 14.8 Å². The number of thioether (sulfide) groups is 1. The summed E-state index contributed by atoms with van der Waals surface area (Å²) in [7, 11) is -3.55. The Morgan fingerprint density at radius 1 is 0.906 bits per heavy atom. The standard InChI is InChI=1S/C24H23N3O3S2/c1-19-9-8-12-21(17-19)30-15-16-31-24-26-25-23(27(24)20-10-4-2-5-11-20)18-32(28,29)22-13-6-3-7-14-22/h2-14,17H,15-16,18H2,1H3. The van der Waals surface area contributed by atoms with Crippen LogP contribution >= 0.6 is 11.8 Å². The largest absolute Gasteiger partial charge is 0.493 e. The lowest BCUT2D eigenvalue weighted by Crippen LogP contribution is -2.11. The molecule has 8 heteroatoms. The maximum atomic E-state index is 12.9. The molecule has 0 aliphatic rings. The number of nitrogens with zero attached hydrogens (tertiary/aromatic N) is 3. The van der Waals surface area contributed by atoms with E-state index in [-0.39, 0.29) is 10.6 Å². The van der Waals surface area contributed by atoms with Crippen LogP contribution in [0.3, 0.4) is 0 Å². The lowest BCUT2D eigenvalue weighted by molar-refractivity contribution is 0.343. The van der Waals surface area contributed by atoms with Crippen LogP contribution < -0.4 is 4.74 Å². The van der Waals surface area contributed by atoms with Gasteiger partial charge in [0.15, 0.2) is 20.8 Å². The maximum Gasteiger partial charge on any atom is 0.195 e. The number of sulfone groups is 1. The van der Waals surface area contributed by atoms with E-state index in [9.17, 15) is 8.42 Å². The highest BCUT2D eigenvalue weighted by Gasteiger charge is 2.22. The molecular weight excluding hydrogens is 442 g/mol. The van der Waals surface area contributed by atoms with Crippen molar-refractivity contribution in [3.05, 3.63) is 96.3 Å². The topological polar surface area (TPSA) is 74.1 Å². The van der Waals surface area contributed by atoms with Crippen molar-refractivity contribution in [2.75, 3.05) is 12.4 Å². The Kier molecular flexibility index (Phi) is 6.92. The number of aromatic nitrogens is 3. The van der Waals surface area contributed by atoms with Gasteiger partial charge >= 0.3 is 0 Å². The van der Waals surface area contributed by atoms with E-state index in [0.717, 1.165) is 17.0 Å². The Morgan fingerprint density at radius 3 is 2.34 bits per heavy atom. The number of ether oxygens (including phenoxy) is 1. The van der Waals surface area contributed by atoms with E-state index < -0.39 is 9.84 Å². The van der Waals surface area contributed by atoms with Crippen LogP contribution in [-0.2, 0) is 15.6 Å². The first-order chi connectivity index (χ1) is 15.5. The molecule has 3 aromatic carbocycles. The maximum absolute atomic E-state index is 12.9. The van der Waals surface area contributed by atoms with E-state index >= 15 is 0 Å². The van der Waals surface area contributed by atoms with Crippen molar-refractivity contribution < 1.29 is 13.2 Å². The minimum absolute atomic E-state index is 0.237. The van der Waals surface area contributed by atoms with E-state index in [1.807, 2.05) is 61.5 Å². The average molecular weight is 466 g/mol. The second kappa shape index (κ2) is 10.0. The molecule has 0 fully saturated rings. The molecule has 0 saturated heterocycles. The van der Waals surface area contributed by atoms with Gasteiger partial charge in [0.25, 0.3) is 0 Å². The highest BCUT2D eigenvalue weighted by Crippen LogP contribution is 2.25. The molecule has 32 heavy (non-hydrogen) atoms. The van der Waals surface area contributed by atoms with Crippen LogP contribution in [0.2, 0.25) is 0 Å². The molecule has 0 bridgehead atoms. The Morgan fingerprint density at radius 2 is 1.62 bits per heavy atom. The van der Waals surface area contributed by atoms with E-state index in [1.165, 1.54) is 11.8 Å². The fourth-order valence-corrected chi connectivity index (χ4v) is 5.26. The molecule has 4 aromatic rings. The van der Waals surface area contributed by atoms with Crippen molar-refractivity contribution in [3.8, 4) is 11.4 Å². The van der Waals surface area contributed by atoms with Crippen LogP contribution in [0.25, 0.3) is 5.69 Å². The molecule has 1 heterocycles. The normalized spacial score (nSPS) is 11.4. The van der Waals surface area contributed by atoms with Crippen LogP contribution in [-0.4, -0.2) is 35.5 Å². The van der Waals surface area contributed by atoms with Crippen molar-refractivity contribution in [2.45, 2.75) is 22.7 Å². The zero-order chi connectivity index (χ0) is 22.4. The summed E-state index contributed by atoms with van der Waals surface area (Å²) in [5, 5.41) is 9.14. The molecule has 0 aliphatic heterocycles. The number of benzene rings is 3. The van der Waals surface area contributed by atoms with Gasteiger partial charge in [-0.2, -0.15) is 0 Å². The second-order valence-electron chi connectivity index (χ2n) is 7.16. The first kappa shape index (κ1) is 22.1. The molecule has 6 nitrogen and oxygen atoms in total. The molecule has 0 atom stereocenters. The van der Waals surface area contributed by atoms with Gasteiger partial charge in [0.1, 0.15) is 11.5 Å². The molecular formula is C24H23N3O3S2. The third-order valence-electron chi connectivity index (χ3n) is 4.71. The predicted octanol–water partition coefficient (Wildman–Crippen LogP) is 4.72. The van der Waals surface area contributed by atoms with Gasteiger partial charge in [0.05, 0.1) is 11.5 Å². The minimum Gasteiger partial charge on any atom is -0.493 e.